The number of hydrogen-bond donors (Lipinski definition) is 4. The highest BCUT2D eigenvalue weighted by atomic mass is 32.2. The third-order valence-electron chi connectivity index (χ3n) is 8.63. The molecule has 0 radical (unpaired) electrons. The zero-order valence-electron chi connectivity index (χ0n) is 28.7. The Balaban J connectivity index is 1.59. The molecule has 0 aliphatic heterocycles. The summed E-state index contributed by atoms with van der Waals surface area (Å²) in [5.74, 6) is 0. The first-order valence-corrected chi connectivity index (χ1v) is 22.0. The van der Waals surface area contributed by atoms with Crippen LogP contribution in [0.4, 0.5) is 0 Å². The van der Waals surface area contributed by atoms with Gasteiger partial charge in [-0.1, -0.05) is 97.1 Å². The highest BCUT2D eigenvalue weighted by Gasteiger charge is 2.20. The van der Waals surface area contributed by atoms with Crippen LogP contribution >= 0.6 is 0 Å². The Morgan fingerprint density at radius 2 is 0.589 bits per heavy atom. The van der Waals surface area contributed by atoms with E-state index in [1.165, 1.54) is 97.1 Å². The molecule has 0 aliphatic carbocycles. The monoisotopic (exact) mass is 830 g/mol. The number of hydrogen-bond acceptors (Lipinski definition) is 8. The molecule has 16 heteroatoms. The Morgan fingerprint density at radius 1 is 0.339 bits per heavy atom. The molecule has 0 fully saturated rings. The van der Waals surface area contributed by atoms with Crippen molar-refractivity contribution in [3.63, 3.8) is 0 Å². The van der Waals surface area contributed by atoms with Crippen LogP contribution in [0.5, 0.6) is 0 Å². The second kappa shape index (κ2) is 15.5. The Labute approximate surface area is 323 Å². The lowest BCUT2D eigenvalue weighted by Gasteiger charge is -2.19. The molecule has 6 aromatic rings. The lowest BCUT2D eigenvalue weighted by Crippen LogP contribution is -2.00. The lowest BCUT2D eigenvalue weighted by atomic mass is 9.85. The van der Waals surface area contributed by atoms with Gasteiger partial charge in [-0.15, -0.1) is 0 Å². The minimum atomic E-state index is -4.52. The van der Waals surface area contributed by atoms with Gasteiger partial charge in [-0.05, 0) is 116 Å². The van der Waals surface area contributed by atoms with Crippen LogP contribution in [-0.4, -0.2) is 51.9 Å². The van der Waals surface area contributed by atoms with E-state index in [0.29, 0.717) is 55.7 Å². The Morgan fingerprint density at radius 3 is 0.857 bits per heavy atom. The lowest BCUT2D eigenvalue weighted by molar-refractivity contribution is 0.481. The summed E-state index contributed by atoms with van der Waals surface area (Å²) in [6, 6.07) is 36.3. The summed E-state index contributed by atoms with van der Waals surface area (Å²) < 4.78 is 133. The SMILES string of the molecule is O=S(=O)(O)c1ccc(C=C(c2ccc(S(=O)(=O)O)cc2)c2ccccc2-c2ccccc2C(=Cc2ccc(S(=O)(=O)O)cc2)c2ccc(S(=O)(=O)O)cc2)cc1. The highest BCUT2D eigenvalue weighted by molar-refractivity contribution is 7.86. The number of rotatable bonds is 11. The minimum absolute atomic E-state index is 0.320. The first-order chi connectivity index (χ1) is 26.3. The molecule has 0 saturated carbocycles. The van der Waals surface area contributed by atoms with E-state index in [2.05, 4.69) is 0 Å². The molecule has 6 rings (SSSR count). The zero-order chi connectivity index (χ0) is 40.5. The van der Waals surface area contributed by atoms with Gasteiger partial charge in [-0.2, -0.15) is 33.7 Å². The maximum atomic E-state index is 11.9. The van der Waals surface area contributed by atoms with Crippen LogP contribution in [0.1, 0.15) is 33.4 Å². The predicted octanol–water partition coefficient (Wildman–Crippen LogP) is 7.52. The van der Waals surface area contributed by atoms with E-state index in [4.69, 9.17) is 0 Å². The topological polar surface area (TPSA) is 217 Å². The van der Waals surface area contributed by atoms with Gasteiger partial charge >= 0.3 is 0 Å². The van der Waals surface area contributed by atoms with Gasteiger partial charge in [0.1, 0.15) is 0 Å². The van der Waals surface area contributed by atoms with Gasteiger partial charge in [0, 0.05) is 0 Å². The molecule has 0 heterocycles. The molecule has 0 saturated heterocycles. The molecule has 0 amide bonds. The van der Waals surface area contributed by atoms with Crippen LogP contribution < -0.4 is 0 Å². The molecule has 4 N–H and O–H groups in total. The summed E-state index contributed by atoms with van der Waals surface area (Å²) in [7, 11) is -18.0. The molecule has 0 spiro atoms. The van der Waals surface area contributed by atoms with E-state index >= 15 is 0 Å². The quantitative estimate of drug-likeness (QED) is 0.0737. The van der Waals surface area contributed by atoms with Crippen LogP contribution in [0.2, 0.25) is 0 Å². The van der Waals surface area contributed by atoms with Gasteiger partial charge in [-0.3, -0.25) is 18.2 Å². The average molecular weight is 831 g/mol. The largest absolute Gasteiger partial charge is 0.294 e. The fourth-order valence-corrected chi connectivity index (χ4v) is 7.88. The normalized spacial score (nSPS) is 13.1. The van der Waals surface area contributed by atoms with Crippen molar-refractivity contribution in [2.24, 2.45) is 0 Å². The maximum Gasteiger partial charge on any atom is 0.294 e. The Hall–Kier alpha value is -5.56. The fraction of sp³-hybridized carbons (Fsp3) is 0. The van der Waals surface area contributed by atoms with Crippen molar-refractivity contribution in [3.8, 4) is 11.1 Å². The standard InChI is InChI=1S/C40H30O12S4/c41-53(42,43)31-17-9-27(10-18-31)25-39(29-13-21-33(22-14-29)55(47,48)49)37-7-3-1-5-35(37)36-6-2-4-8-38(36)40(30-15-23-34(24-16-30)56(50,51)52)26-28-11-19-32(20-12-28)54(44,45)46/h1-26H,(H,41,42,43)(H,44,45,46)(H,47,48,49)(H,50,51,52). The predicted molar refractivity (Wildman–Crippen MR) is 211 cm³/mol. The third-order valence-corrected chi connectivity index (χ3v) is 12.1. The molecule has 0 unspecified atom stereocenters. The van der Waals surface area contributed by atoms with E-state index < -0.39 is 40.5 Å². The van der Waals surface area contributed by atoms with Gasteiger partial charge in [0.05, 0.1) is 19.6 Å². The van der Waals surface area contributed by atoms with E-state index in [-0.39, 0.29) is 19.6 Å². The first kappa shape index (κ1) is 40.1. The molecule has 0 bridgehead atoms. The van der Waals surface area contributed by atoms with Gasteiger partial charge in [-0.25, -0.2) is 0 Å². The van der Waals surface area contributed by atoms with Gasteiger partial charge in [0.2, 0.25) is 0 Å². The van der Waals surface area contributed by atoms with Crippen molar-refractivity contribution in [1.29, 1.82) is 0 Å². The van der Waals surface area contributed by atoms with E-state index in [1.807, 2.05) is 24.3 Å². The number of benzene rings is 6. The second-order valence-corrected chi connectivity index (χ2v) is 18.0. The van der Waals surface area contributed by atoms with Crippen molar-refractivity contribution in [2.45, 2.75) is 19.6 Å². The molecule has 12 nitrogen and oxygen atoms in total. The van der Waals surface area contributed by atoms with Crippen LogP contribution in [0.25, 0.3) is 34.4 Å². The van der Waals surface area contributed by atoms with E-state index in [1.54, 1.807) is 36.4 Å². The summed E-state index contributed by atoms with van der Waals surface area (Å²) in [4.78, 5) is -1.31. The summed E-state index contributed by atoms with van der Waals surface area (Å²) >= 11 is 0. The molecule has 0 aromatic heterocycles. The van der Waals surface area contributed by atoms with Crippen LogP contribution in [0.3, 0.4) is 0 Å². The molecule has 6 aromatic carbocycles. The van der Waals surface area contributed by atoms with Gasteiger partial charge in [0.25, 0.3) is 40.5 Å². The second-order valence-electron chi connectivity index (χ2n) is 12.3. The molecule has 0 aliphatic rings. The average Bonchev–Trinajstić information content (AvgIpc) is 3.15. The van der Waals surface area contributed by atoms with Gasteiger partial charge < -0.3 is 0 Å². The highest BCUT2D eigenvalue weighted by Crippen LogP contribution is 2.40. The summed E-state index contributed by atoms with van der Waals surface area (Å²) in [6.07, 6.45) is 3.47. The maximum absolute atomic E-state index is 11.9. The molecule has 0 atom stereocenters. The minimum Gasteiger partial charge on any atom is -0.282 e. The smallest absolute Gasteiger partial charge is 0.282 e. The van der Waals surface area contributed by atoms with Crippen LogP contribution in [-0.2, 0) is 40.5 Å². The zero-order valence-corrected chi connectivity index (χ0v) is 32.0. The van der Waals surface area contributed by atoms with Crippen molar-refractivity contribution in [2.75, 3.05) is 0 Å². The first-order valence-electron chi connectivity index (χ1n) is 16.2. The van der Waals surface area contributed by atoms with Crippen molar-refractivity contribution in [3.05, 3.63) is 179 Å². The Kier molecular flexibility index (Phi) is 11.1. The van der Waals surface area contributed by atoms with Crippen molar-refractivity contribution < 1.29 is 51.9 Å². The third kappa shape index (κ3) is 9.27. The van der Waals surface area contributed by atoms with E-state index in [9.17, 15) is 51.9 Å². The molecule has 286 valence electrons. The van der Waals surface area contributed by atoms with Crippen molar-refractivity contribution >= 4 is 63.8 Å². The molecular formula is C40H30O12S4. The molecule has 56 heavy (non-hydrogen) atoms. The van der Waals surface area contributed by atoms with Crippen LogP contribution in [0, 0.1) is 0 Å². The Bertz CT molecular complexity index is 2750. The molecular weight excluding hydrogens is 801 g/mol. The van der Waals surface area contributed by atoms with Gasteiger partial charge in [0.15, 0.2) is 0 Å². The summed E-state index contributed by atoms with van der Waals surface area (Å²) in [5.41, 5.74) is 5.70. The van der Waals surface area contributed by atoms with Crippen molar-refractivity contribution in [1.82, 2.24) is 0 Å². The fourth-order valence-electron chi connectivity index (χ4n) is 5.96. The van der Waals surface area contributed by atoms with E-state index in [0.717, 1.165) is 0 Å². The summed E-state index contributed by atoms with van der Waals surface area (Å²) in [6.45, 7) is 0. The summed E-state index contributed by atoms with van der Waals surface area (Å²) in [5, 5.41) is 0. The van der Waals surface area contributed by atoms with Crippen LogP contribution in [0.15, 0.2) is 165 Å².